The van der Waals surface area contributed by atoms with Crippen molar-refractivity contribution in [3.05, 3.63) is 138 Å². The summed E-state index contributed by atoms with van der Waals surface area (Å²) in [4.78, 5) is 29.9. The van der Waals surface area contributed by atoms with Crippen LogP contribution in [0.1, 0.15) is 31.8 Å². The Labute approximate surface area is 286 Å². The summed E-state index contributed by atoms with van der Waals surface area (Å²) in [6.07, 6.45) is 0.135. The third-order valence-electron chi connectivity index (χ3n) is 6.68. The molecular weight excluding hydrogens is 786 g/mol. The van der Waals surface area contributed by atoms with Crippen LogP contribution in [-0.4, -0.2) is 32.8 Å². The number of alkyl halides is 3. The Morgan fingerprint density at radius 1 is 0.800 bits per heavy atom. The Bertz CT molecular complexity index is 1880. The molecule has 0 bridgehead atoms. The van der Waals surface area contributed by atoms with Crippen molar-refractivity contribution in [3.63, 3.8) is 0 Å². The summed E-state index contributed by atoms with van der Waals surface area (Å²) < 4.78 is 47.0. The lowest BCUT2D eigenvalue weighted by Gasteiger charge is -2.37. The van der Waals surface area contributed by atoms with Crippen molar-refractivity contribution in [3.8, 4) is 0 Å². The number of nitrogens with one attached hydrogen (secondary N) is 2. The van der Waals surface area contributed by atoms with Crippen molar-refractivity contribution in [2.24, 2.45) is 0 Å². The van der Waals surface area contributed by atoms with Crippen LogP contribution in [-0.2, 0) is 5.54 Å². The third kappa shape index (κ3) is 6.48. The van der Waals surface area contributed by atoms with Gasteiger partial charge in [-0.15, -0.1) is 0 Å². The van der Waals surface area contributed by atoms with E-state index >= 15 is 13.2 Å². The summed E-state index contributed by atoms with van der Waals surface area (Å²) >= 11 is 25.2. The summed E-state index contributed by atoms with van der Waals surface area (Å²) in [7, 11) is 0. The lowest BCUT2D eigenvalue weighted by atomic mass is 9.82. The van der Waals surface area contributed by atoms with E-state index in [0.29, 0.717) is 0 Å². The van der Waals surface area contributed by atoms with Crippen molar-refractivity contribution in [1.29, 1.82) is 0 Å². The zero-order valence-electron chi connectivity index (χ0n) is 22.3. The van der Waals surface area contributed by atoms with E-state index in [0.717, 1.165) is 17.1 Å². The second kappa shape index (κ2) is 13.1. The van der Waals surface area contributed by atoms with Gasteiger partial charge in [0.2, 0.25) is 5.54 Å². The number of nitrogens with zero attached hydrogens (tertiary/aromatic N) is 3. The van der Waals surface area contributed by atoms with Crippen LogP contribution < -0.4 is 10.6 Å². The average molecular weight is 803 g/mol. The van der Waals surface area contributed by atoms with Gasteiger partial charge in [0, 0.05) is 32.6 Å². The van der Waals surface area contributed by atoms with Crippen LogP contribution >= 0.6 is 66.7 Å². The fourth-order valence-corrected chi connectivity index (χ4v) is 6.55. The molecule has 3 aromatic carbocycles. The zero-order chi connectivity index (χ0) is 32.5. The van der Waals surface area contributed by atoms with Crippen molar-refractivity contribution in [2.75, 3.05) is 10.6 Å². The van der Waals surface area contributed by atoms with E-state index < -0.39 is 23.5 Å². The van der Waals surface area contributed by atoms with Gasteiger partial charge in [-0.1, -0.05) is 53.0 Å². The first-order chi connectivity index (χ1) is 21.3. The highest BCUT2D eigenvalue weighted by atomic mass is 79.9. The number of pyridine rings is 1. The van der Waals surface area contributed by atoms with Gasteiger partial charge >= 0.3 is 6.18 Å². The van der Waals surface area contributed by atoms with Gasteiger partial charge in [0.15, 0.2) is 0 Å². The molecule has 230 valence electrons. The number of halogens is 8. The molecule has 0 saturated carbocycles. The number of rotatable bonds is 7. The lowest BCUT2D eigenvalue weighted by molar-refractivity contribution is -0.189. The second-order valence-corrected chi connectivity index (χ2v) is 12.4. The minimum atomic E-state index is -4.94. The largest absolute Gasteiger partial charge is 0.422 e. The maximum absolute atomic E-state index is 15.3. The maximum Gasteiger partial charge on any atom is 0.422 e. The van der Waals surface area contributed by atoms with E-state index in [1.54, 1.807) is 12.1 Å². The number of hydrogen-bond acceptors (Lipinski definition) is 4. The molecule has 15 heteroatoms. The Kier molecular flexibility index (Phi) is 9.62. The molecule has 45 heavy (non-hydrogen) atoms. The molecular formula is C30H17Br2Cl3F3N5O2. The van der Waals surface area contributed by atoms with E-state index in [4.69, 9.17) is 34.8 Å². The molecule has 0 fully saturated rings. The molecule has 2 N–H and O–H groups in total. The number of anilines is 2. The Morgan fingerprint density at radius 3 is 2.07 bits per heavy atom. The number of benzene rings is 3. The normalized spacial score (nSPS) is 12.8. The number of hydrogen-bond donors (Lipinski definition) is 2. The lowest BCUT2D eigenvalue weighted by Crippen LogP contribution is -2.50. The van der Waals surface area contributed by atoms with Gasteiger partial charge in [0.05, 0.1) is 38.7 Å². The van der Waals surface area contributed by atoms with E-state index in [9.17, 15) is 9.59 Å². The van der Waals surface area contributed by atoms with Gasteiger partial charge in [-0.3, -0.25) is 14.6 Å². The van der Waals surface area contributed by atoms with Crippen LogP contribution in [0.4, 0.5) is 24.5 Å². The van der Waals surface area contributed by atoms with Crippen molar-refractivity contribution >= 4 is 89.9 Å². The maximum atomic E-state index is 15.3. The van der Waals surface area contributed by atoms with Gasteiger partial charge in [-0.25, -0.2) is 4.68 Å². The smallest absolute Gasteiger partial charge is 0.321 e. The van der Waals surface area contributed by atoms with E-state index in [1.165, 1.54) is 67.0 Å². The molecule has 5 rings (SSSR count). The van der Waals surface area contributed by atoms with Gasteiger partial charge in [-0.05, 0) is 91.5 Å². The van der Waals surface area contributed by atoms with Crippen molar-refractivity contribution < 1.29 is 22.8 Å². The van der Waals surface area contributed by atoms with Gasteiger partial charge in [-0.2, -0.15) is 18.3 Å². The molecule has 0 spiro atoms. The van der Waals surface area contributed by atoms with Gasteiger partial charge in [0.1, 0.15) is 0 Å². The molecule has 0 aliphatic heterocycles. The molecule has 0 saturated heterocycles. The topological polar surface area (TPSA) is 88.9 Å². The predicted octanol–water partition coefficient (Wildman–Crippen LogP) is 9.62. The van der Waals surface area contributed by atoms with Crippen LogP contribution in [0, 0.1) is 0 Å². The predicted molar refractivity (Wildman–Crippen MR) is 174 cm³/mol. The monoisotopic (exact) mass is 799 g/mol. The first kappa shape index (κ1) is 33.0. The highest BCUT2D eigenvalue weighted by molar-refractivity contribution is 9.11. The summed E-state index contributed by atoms with van der Waals surface area (Å²) in [5.41, 5.74) is -2.72. The molecule has 1 unspecified atom stereocenters. The van der Waals surface area contributed by atoms with Crippen molar-refractivity contribution in [1.82, 2.24) is 14.8 Å². The van der Waals surface area contributed by atoms with Crippen LogP contribution in [0.2, 0.25) is 15.1 Å². The third-order valence-corrected chi connectivity index (χ3v) is 8.79. The second-order valence-electron chi connectivity index (χ2n) is 9.45. The number of aromatic nitrogens is 3. The SMILES string of the molecule is O=C(Nc1cccc(C(=O)Nc2c(Br)cc(C(c3ccc(Cl)cc3)(n3cc(Cl)cn3)C(F)(F)F)cc2Br)c1Cl)c1cccnc1. The zero-order valence-corrected chi connectivity index (χ0v) is 27.8. The first-order valence-electron chi connectivity index (χ1n) is 12.7. The highest BCUT2D eigenvalue weighted by Crippen LogP contribution is 2.50. The Balaban J connectivity index is 1.53. The highest BCUT2D eigenvalue weighted by Gasteiger charge is 2.60. The molecule has 2 amide bonds. The van der Waals surface area contributed by atoms with Crippen LogP contribution in [0.5, 0.6) is 0 Å². The Morgan fingerprint density at radius 2 is 1.49 bits per heavy atom. The van der Waals surface area contributed by atoms with Crippen molar-refractivity contribution in [2.45, 2.75) is 11.7 Å². The quantitative estimate of drug-likeness (QED) is 0.172. The van der Waals surface area contributed by atoms with Crippen LogP contribution in [0.3, 0.4) is 0 Å². The molecule has 0 radical (unpaired) electrons. The summed E-state index contributed by atoms with van der Waals surface area (Å²) in [5, 5.41) is 9.44. The molecule has 0 aliphatic carbocycles. The van der Waals surface area contributed by atoms with Gasteiger partial charge < -0.3 is 10.6 Å². The Hall–Kier alpha value is -3.42. The fourth-order valence-electron chi connectivity index (χ4n) is 4.64. The molecule has 5 aromatic rings. The molecule has 7 nitrogen and oxygen atoms in total. The van der Waals surface area contributed by atoms with Crippen LogP contribution in [0.15, 0.2) is 100 Å². The number of carbonyl (C=O) groups is 2. The molecule has 1 atom stereocenters. The first-order valence-corrected chi connectivity index (χ1v) is 15.4. The van der Waals surface area contributed by atoms with E-state index in [1.807, 2.05) is 0 Å². The molecule has 2 heterocycles. The molecule has 0 aliphatic rings. The average Bonchev–Trinajstić information content (AvgIpc) is 3.42. The fraction of sp³-hybridized carbons (Fsp3) is 0.0667. The summed E-state index contributed by atoms with van der Waals surface area (Å²) in [6, 6.07) is 15.3. The number of carbonyl (C=O) groups excluding carboxylic acids is 2. The minimum absolute atomic E-state index is 0.000477. The summed E-state index contributed by atoms with van der Waals surface area (Å²) in [5.74, 6) is -1.18. The summed E-state index contributed by atoms with van der Waals surface area (Å²) in [6.45, 7) is 0. The minimum Gasteiger partial charge on any atom is -0.321 e. The van der Waals surface area contributed by atoms with E-state index in [2.05, 4.69) is 52.6 Å². The molecule has 2 aromatic heterocycles. The number of amides is 2. The van der Waals surface area contributed by atoms with Crippen LogP contribution in [0.25, 0.3) is 0 Å². The van der Waals surface area contributed by atoms with Gasteiger partial charge in [0.25, 0.3) is 11.8 Å². The standard InChI is InChI=1S/C30H17Br2Cl3F3N5O2/c31-22-11-18(29(30(36,37)38,43-15-20(34)14-40-43)17-6-8-19(33)9-7-17)12-23(32)26(22)42-28(45)21-4-1-5-24(25(21)35)41-27(44)16-3-2-10-39-13-16/h1-15H,(H,41,44)(H,42,45). The van der Waals surface area contributed by atoms with E-state index in [-0.39, 0.29) is 57.6 Å².